The van der Waals surface area contributed by atoms with Gasteiger partial charge in [0.1, 0.15) is 25.7 Å². The van der Waals surface area contributed by atoms with Crippen LogP contribution in [0, 0.1) is 13.8 Å². The number of benzene rings is 2. The molecule has 2 aromatic carbocycles. The van der Waals surface area contributed by atoms with Crippen molar-refractivity contribution >= 4 is 22.7 Å². The number of morpholine rings is 1. The minimum Gasteiger partial charge on any atom is -0.386 e. The topological polar surface area (TPSA) is 68.8 Å². The number of fused-ring (bicyclic) bond motifs is 1. The number of hydrogen-bond donors (Lipinski definition) is 2. The van der Waals surface area contributed by atoms with Gasteiger partial charge in [0.25, 0.3) is 5.56 Å². The van der Waals surface area contributed by atoms with E-state index in [1.807, 2.05) is 49.4 Å². The second kappa shape index (κ2) is 9.31. The fourth-order valence-corrected chi connectivity index (χ4v) is 4.67. The summed E-state index contributed by atoms with van der Waals surface area (Å²) in [6.45, 7) is 8.10. The SMILES string of the molecule is Cc1ccc(-n2c(SC[C@@H](O)C[NH+]3CCOCC3)nc3ccccc3c2=O)cc1C. The Morgan fingerprint density at radius 3 is 2.70 bits per heavy atom. The van der Waals surface area contributed by atoms with E-state index in [0.29, 0.717) is 28.4 Å². The first-order valence-electron chi connectivity index (χ1n) is 10.3. The number of nitrogens with zero attached hydrogens (tertiary/aromatic N) is 2. The first-order chi connectivity index (χ1) is 14.5. The van der Waals surface area contributed by atoms with Crippen molar-refractivity contribution in [2.24, 2.45) is 0 Å². The number of aliphatic hydroxyl groups excluding tert-OH is 1. The molecule has 0 bridgehead atoms. The van der Waals surface area contributed by atoms with E-state index in [1.165, 1.54) is 22.2 Å². The summed E-state index contributed by atoms with van der Waals surface area (Å²) in [5.74, 6) is 0.486. The number of quaternary nitrogens is 1. The Kier molecular flexibility index (Phi) is 6.53. The maximum atomic E-state index is 13.3. The van der Waals surface area contributed by atoms with Crippen molar-refractivity contribution < 1.29 is 14.7 Å². The van der Waals surface area contributed by atoms with Crippen LogP contribution in [0.4, 0.5) is 0 Å². The van der Waals surface area contributed by atoms with Crippen molar-refractivity contribution in [2.45, 2.75) is 25.1 Å². The van der Waals surface area contributed by atoms with Gasteiger partial charge in [0.05, 0.1) is 29.8 Å². The zero-order chi connectivity index (χ0) is 21.1. The number of rotatable bonds is 6. The molecule has 0 saturated carbocycles. The predicted molar refractivity (Wildman–Crippen MR) is 120 cm³/mol. The molecule has 6 nitrogen and oxygen atoms in total. The number of para-hydroxylation sites is 1. The average molecular weight is 427 g/mol. The van der Waals surface area contributed by atoms with Crippen LogP contribution in [-0.4, -0.2) is 59.4 Å². The number of ether oxygens (including phenoxy) is 1. The summed E-state index contributed by atoms with van der Waals surface area (Å²) in [5, 5.41) is 11.8. The molecule has 3 aromatic rings. The summed E-state index contributed by atoms with van der Waals surface area (Å²) in [6.07, 6.45) is -0.473. The monoisotopic (exact) mass is 426 g/mol. The van der Waals surface area contributed by atoms with Crippen LogP contribution < -0.4 is 10.5 Å². The molecule has 0 aliphatic carbocycles. The lowest BCUT2D eigenvalue weighted by Crippen LogP contribution is -3.15. The van der Waals surface area contributed by atoms with Crippen LogP contribution in [0.5, 0.6) is 0 Å². The van der Waals surface area contributed by atoms with Crippen LogP contribution in [0.3, 0.4) is 0 Å². The molecule has 2 heterocycles. The van der Waals surface area contributed by atoms with Gasteiger partial charge in [-0.2, -0.15) is 0 Å². The highest BCUT2D eigenvalue weighted by atomic mass is 32.2. The molecule has 0 amide bonds. The van der Waals surface area contributed by atoms with E-state index in [1.54, 1.807) is 4.57 Å². The van der Waals surface area contributed by atoms with Gasteiger partial charge in [-0.05, 0) is 49.2 Å². The van der Waals surface area contributed by atoms with Crippen LogP contribution in [0.2, 0.25) is 0 Å². The Labute approximate surface area is 180 Å². The summed E-state index contributed by atoms with van der Waals surface area (Å²) >= 11 is 1.43. The molecule has 1 aliphatic heterocycles. The lowest BCUT2D eigenvalue weighted by Gasteiger charge is -2.25. The van der Waals surface area contributed by atoms with Crippen LogP contribution in [0.15, 0.2) is 52.4 Å². The maximum absolute atomic E-state index is 13.3. The molecule has 0 unspecified atom stereocenters. The summed E-state index contributed by atoms with van der Waals surface area (Å²) in [5.41, 5.74) is 3.70. The Hall–Kier alpha value is -2.19. The maximum Gasteiger partial charge on any atom is 0.266 e. The fraction of sp³-hybridized carbons (Fsp3) is 0.391. The number of aliphatic hydroxyl groups is 1. The van der Waals surface area contributed by atoms with Crippen molar-refractivity contribution in [1.29, 1.82) is 0 Å². The van der Waals surface area contributed by atoms with Gasteiger partial charge in [0.2, 0.25) is 0 Å². The molecule has 1 saturated heterocycles. The minimum absolute atomic E-state index is 0.0837. The quantitative estimate of drug-likeness (QED) is 0.460. The Morgan fingerprint density at radius 2 is 1.93 bits per heavy atom. The molecule has 2 N–H and O–H groups in total. The van der Waals surface area contributed by atoms with E-state index in [2.05, 4.69) is 6.92 Å². The molecule has 30 heavy (non-hydrogen) atoms. The summed E-state index contributed by atoms with van der Waals surface area (Å²) in [6, 6.07) is 13.4. The van der Waals surface area contributed by atoms with Gasteiger partial charge in [-0.3, -0.25) is 9.36 Å². The molecule has 1 atom stereocenters. The first kappa shape index (κ1) is 21.1. The molecule has 0 radical (unpaired) electrons. The third kappa shape index (κ3) is 4.59. The molecule has 4 rings (SSSR count). The van der Waals surface area contributed by atoms with Gasteiger partial charge in [0.15, 0.2) is 5.16 Å². The van der Waals surface area contributed by atoms with Gasteiger partial charge in [-0.25, -0.2) is 4.98 Å². The zero-order valence-corrected chi connectivity index (χ0v) is 18.2. The van der Waals surface area contributed by atoms with E-state index in [4.69, 9.17) is 9.72 Å². The van der Waals surface area contributed by atoms with Crippen molar-refractivity contribution in [3.8, 4) is 5.69 Å². The van der Waals surface area contributed by atoms with Crippen LogP contribution in [0.1, 0.15) is 11.1 Å². The van der Waals surface area contributed by atoms with Crippen LogP contribution in [0.25, 0.3) is 16.6 Å². The summed E-state index contributed by atoms with van der Waals surface area (Å²) in [7, 11) is 0. The van der Waals surface area contributed by atoms with E-state index in [0.717, 1.165) is 37.6 Å². The normalized spacial score (nSPS) is 16.1. The highest BCUT2D eigenvalue weighted by Crippen LogP contribution is 2.23. The second-order valence-corrected chi connectivity index (χ2v) is 8.84. The average Bonchev–Trinajstić information content (AvgIpc) is 2.75. The zero-order valence-electron chi connectivity index (χ0n) is 17.4. The van der Waals surface area contributed by atoms with Crippen molar-refractivity contribution in [3.05, 3.63) is 63.9 Å². The molecule has 158 valence electrons. The molecule has 7 heteroatoms. The lowest BCUT2D eigenvalue weighted by molar-refractivity contribution is -0.910. The molecule has 1 fully saturated rings. The number of nitrogens with one attached hydrogen (secondary N) is 1. The molecular weight excluding hydrogens is 398 g/mol. The van der Waals surface area contributed by atoms with Crippen LogP contribution in [-0.2, 0) is 4.74 Å². The number of aryl methyl sites for hydroxylation is 2. The van der Waals surface area contributed by atoms with E-state index in [-0.39, 0.29) is 5.56 Å². The molecule has 1 aliphatic rings. The van der Waals surface area contributed by atoms with Gasteiger partial charge < -0.3 is 14.7 Å². The van der Waals surface area contributed by atoms with Crippen molar-refractivity contribution in [1.82, 2.24) is 9.55 Å². The highest BCUT2D eigenvalue weighted by molar-refractivity contribution is 7.99. The van der Waals surface area contributed by atoms with Gasteiger partial charge in [0, 0.05) is 5.75 Å². The van der Waals surface area contributed by atoms with Gasteiger partial charge in [-0.1, -0.05) is 30.0 Å². The predicted octanol–water partition coefficient (Wildman–Crippen LogP) is 1.37. The molecule has 0 spiro atoms. The largest absolute Gasteiger partial charge is 0.386 e. The smallest absolute Gasteiger partial charge is 0.266 e. The third-order valence-electron chi connectivity index (χ3n) is 5.62. The highest BCUT2D eigenvalue weighted by Gasteiger charge is 2.20. The minimum atomic E-state index is -0.473. The standard InChI is InChI=1S/C23H27N3O3S/c1-16-7-8-18(13-17(16)2)26-22(28)20-5-3-4-6-21(20)24-23(26)30-15-19(27)14-25-9-11-29-12-10-25/h3-8,13,19,27H,9-12,14-15H2,1-2H3/p+1/t19-/m0/s1. The first-order valence-corrected chi connectivity index (χ1v) is 11.3. The molecule has 1 aromatic heterocycles. The summed E-state index contributed by atoms with van der Waals surface area (Å²) in [4.78, 5) is 19.5. The number of hydrogen-bond acceptors (Lipinski definition) is 5. The second-order valence-electron chi connectivity index (χ2n) is 7.85. The number of thioether (sulfide) groups is 1. The van der Waals surface area contributed by atoms with E-state index in [9.17, 15) is 9.90 Å². The molecular formula is C23H28N3O3S+. The fourth-order valence-electron chi connectivity index (χ4n) is 3.73. The Bertz CT molecular complexity index is 1090. The van der Waals surface area contributed by atoms with Crippen molar-refractivity contribution in [2.75, 3.05) is 38.6 Å². The lowest BCUT2D eigenvalue weighted by atomic mass is 10.1. The number of aromatic nitrogens is 2. The summed E-state index contributed by atoms with van der Waals surface area (Å²) < 4.78 is 7.07. The Morgan fingerprint density at radius 1 is 1.17 bits per heavy atom. The van der Waals surface area contributed by atoms with Crippen LogP contribution >= 0.6 is 11.8 Å². The van der Waals surface area contributed by atoms with E-state index < -0.39 is 6.10 Å². The third-order valence-corrected chi connectivity index (χ3v) is 6.71. The van der Waals surface area contributed by atoms with Gasteiger partial charge >= 0.3 is 0 Å². The van der Waals surface area contributed by atoms with Crippen molar-refractivity contribution in [3.63, 3.8) is 0 Å². The van der Waals surface area contributed by atoms with Gasteiger partial charge in [-0.15, -0.1) is 0 Å². The Balaban J connectivity index is 1.65. The van der Waals surface area contributed by atoms with E-state index >= 15 is 0 Å².